The van der Waals surface area contributed by atoms with Crippen molar-refractivity contribution in [3.05, 3.63) is 59.2 Å². The van der Waals surface area contributed by atoms with Gasteiger partial charge in [-0.25, -0.2) is 8.42 Å². The average molecular weight is 319 g/mol. The van der Waals surface area contributed by atoms with Crippen LogP contribution in [0.25, 0.3) is 0 Å². The highest BCUT2D eigenvalue weighted by Crippen LogP contribution is 2.30. The summed E-state index contributed by atoms with van der Waals surface area (Å²) in [6.45, 7) is 3.82. The lowest BCUT2D eigenvalue weighted by atomic mass is 10.1. The summed E-state index contributed by atoms with van der Waals surface area (Å²) >= 11 is 0. The minimum Gasteiger partial charge on any atom is -0.494 e. The standard InChI is InChI=1S/C17H21NO3S/c1-13-11-14(2)17(21-3)16(12-13)18-22(19,20)10-9-15-7-5-4-6-8-15/h4-8,11-12,18H,9-10H2,1-3H3. The van der Waals surface area contributed by atoms with Crippen molar-refractivity contribution in [3.63, 3.8) is 0 Å². The lowest BCUT2D eigenvalue weighted by molar-refractivity contribution is 0.413. The smallest absolute Gasteiger partial charge is 0.233 e. The van der Waals surface area contributed by atoms with E-state index >= 15 is 0 Å². The highest BCUT2D eigenvalue weighted by atomic mass is 32.2. The van der Waals surface area contributed by atoms with E-state index in [0.29, 0.717) is 17.9 Å². The van der Waals surface area contributed by atoms with Crippen LogP contribution in [0.1, 0.15) is 16.7 Å². The fraction of sp³-hybridized carbons (Fsp3) is 0.294. The van der Waals surface area contributed by atoms with Crippen molar-refractivity contribution < 1.29 is 13.2 Å². The third-order valence-corrected chi connectivity index (χ3v) is 4.66. The molecule has 0 saturated carbocycles. The number of rotatable bonds is 6. The lowest BCUT2D eigenvalue weighted by Gasteiger charge is -2.15. The number of methoxy groups -OCH3 is 1. The van der Waals surface area contributed by atoms with Crippen molar-refractivity contribution in [1.29, 1.82) is 0 Å². The van der Waals surface area contributed by atoms with Gasteiger partial charge in [-0.05, 0) is 43.0 Å². The molecule has 0 heterocycles. The molecule has 0 radical (unpaired) electrons. The molecule has 2 aromatic rings. The molecule has 0 spiro atoms. The zero-order valence-electron chi connectivity index (χ0n) is 13.1. The molecule has 0 bridgehead atoms. The number of benzene rings is 2. The summed E-state index contributed by atoms with van der Waals surface area (Å²) in [7, 11) is -1.89. The summed E-state index contributed by atoms with van der Waals surface area (Å²) in [6.07, 6.45) is 0.475. The van der Waals surface area contributed by atoms with Crippen molar-refractivity contribution in [3.8, 4) is 5.75 Å². The molecule has 0 aliphatic carbocycles. The first-order chi connectivity index (χ1) is 10.4. The molecule has 1 N–H and O–H groups in total. The Morgan fingerprint density at radius 3 is 2.41 bits per heavy atom. The summed E-state index contributed by atoms with van der Waals surface area (Å²) in [5.74, 6) is 0.599. The molecule has 0 aliphatic heterocycles. The molecule has 0 aromatic heterocycles. The summed E-state index contributed by atoms with van der Waals surface area (Å²) < 4.78 is 32.5. The Labute approximate surface area is 132 Å². The van der Waals surface area contributed by atoms with E-state index in [2.05, 4.69) is 4.72 Å². The SMILES string of the molecule is COc1c(C)cc(C)cc1NS(=O)(=O)CCc1ccccc1. The van der Waals surface area contributed by atoms with Crippen LogP contribution in [0.4, 0.5) is 5.69 Å². The largest absolute Gasteiger partial charge is 0.494 e. The zero-order chi connectivity index (χ0) is 16.2. The van der Waals surface area contributed by atoms with Crippen LogP contribution >= 0.6 is 0 Å². The number of aryl methyl sites for hydroxylation is 3. The van der Waals surface area contributed by atoms with Crippen molar-refractivity contribution >= 4 is 15.7 Å². The van der Waals surface area contributed by atoms with Gasteiger partial charge in [0.15, 0.2) is 0 Å². The van der Waals surface area contributed by atoms with E-state index in [-0.39, 0.29) is 5.75 Å². The van der Waals surface area contributed by atoms with E-state index in [1.54, 1.807) is 13.2 Å². The van der Waals surface area contributed by atoms with E-state index in [0.717, 1.165) is 16.7 Å². The molecular formula is C17H21NO3S. The quantitative estimate of drug-likeness (QED) is 0.889. The molecule has 2 aromatic carbocycles. The number of ether oxygens (including phenoxy) is 1. The number of hydrogen-bond acceptors (Lipinski definition) is 3. The molecule has 118 valence electrons. The third-order valence-electron chi connectivity index (χ3n) is 3.39. The van der Waals surface area contributed by atoms with Gasteiger partial charge >= 0.3 is 0 Å². The first-order valence-corrected chi connectivity index (χ1v) is 8.76. The molecule has 0 aliphatic rings. The Morgan fingerprint density at radius 2 is 1.77 bits per heavy atom. The predicted molar refractivity (Wildman–Crippen MR) is 90.0 cm³/mol. The van der Waals surface area contributed by atoms with Crippen LogP contribution in [0.2, 0.25) is 0 Å². The van der Waals surface area contributed by atoms with Crippen LogP contribution in [0.3, 0.4) is 0 Å². The summed E-state index contributed by atoms with van der Waals surface area (Å²) in [6, 6.07) is 13.3. The fourth-order valence-corrected chi connectivity index (χ4v) is 3.51. The predicted octanol–water partition coefficient (Wildman–Crippen LogP) is 3.30. The molecule has 0 unspecified atom stereocenters. The van der Waals surface area contributed by atoms with Gasteiger partial charge in [0, 0.05) is 0 Å². The molecule has 5 heteroatoms. The van der Waals surface area contributed by atoms with Crippen molar-refractivity contribution in [2.24, 2.45) is 0 Å². The molecule has 22 heavy (non-hydrogen) atoms. The van der Waals surface area contributed by atoms with Crippen LogP contribution in [0, 0.1) is 13.8 Å². The maximum Gasteiger partial charge on any atom is 0.233 e. The normalized spacial score (nSPS) is 11.2. The highest BCUT2D eigenvalue weighted by Gasteiger charge is 2.15. The van der Waals surface area contributed by atoms with Crippen LogP contribution < -0.4 is 9.46 Å². The van der Waals surface area contributed by atoms with Crippen LogP contribution in [0.5, 0.6) is 5.75 Å². The number of sulfonamides is 1. The molecule has 0 fully saturated rings. The second kappa shape index (κ2) is 6.83. The van der Waals surface area contributed by atoms with E-state index in [4.69, 9.17) is 4.74 Å². The van der Waals surface area contributed by atoms with E-state index in [1.807, 2.05) is 50.2 Å². The molecular weight excluding hydrogens is 298 g/mol. The van der Waals surface area contributed by atoms with Gasteiger partial charge < -0.3 is 4.74 Å². The second-order valence-electron chi connectivity index (χ2n) is 5.32. The molecule has 0 amide bonds. The first-order valence-electron chi connectivity index (χ1n) is 7.11. The van der Waals surface area contributed by atoms with Crippen molar-refractivity contribution in [2.75, 3.05) is 17.6 Å². The molecule has 4 nitrogen and oxygen atoms in total. The van der Waals surface area contributed by atoms with Gasteiger partial charge in [0.2, 0.25) is 10.0 Å². The van der Waals surface area contributed by atoms with Crippen LogP contribution in [0.15, 0.2) is 42.5 Å². The molecule has 0 atom stereocenters. The highest BCUT2D eigenvalue weighted by molar-refractivity contribution is 7.92. The van der Waals surface area contributed by atoms with Gasteiger partial charge in [-0.2, -0.15) is 0 Å². The van der Waals surface area contributed by atoms with Gasteiger partial charge in [-0.15, -0.1) is 0 Å². The van der Waals surface area contributed by atoms with Gasteiger partial charge in [-0.1, -0.05) is 36.4 Å². The van der Waals surface area contributed by atoms with Gasteiger partial charge in [0.05, 0.1) is 18.6 Å². The van der Waals surface area contributed by atoms with E-state index in [9.17, 15) is 8.42 Å². The van der Waals surface area contributed by atoms with E-state index in [1.165, 1.54) is 0 Å². The minimum absolute atomic E-state index is 0.0349. The topological polar surface area (TPSA) is 55.4 Å². The molecule has 0 saturated heterocycles. The van der Waals surface area contributed by atoms with Crippen molar-refractivity contribution in [1.82, 2.24) is 0 Å². The summed E-state index contributed by atoms with van der Waals surface area (Å²) in [5.41, 5.74) is 3.38. The first kappa shape index (κ1) is 16.4. The second-order valence-corrected chi connectivity index (χ2v) is 7.16. The Balaban J connectivity index is 2.15. The maximum absolute atomic E-state index is 12.3. The number of anilines is 1. The monoisotopic (exact) mass is 319 g/mol. The number of nitrogens with one attached hydrogen (secondary N) is 1. The fourth-order valence-electron chi connectivity index (χ4n) is 2.42. The van der Waals surface area contributed by atoms with E-state index < -0.39 is 10.0 Å². The zero-order valence-corrected chi connectivity index (χ0v) is 13.9. The Hall–Kier alpha value is -2.01. The van der Waals surface area contributed by atoms with Gasteiger partial charge in [0.25, 0.3) is 0 Å². The summed E-state index contributed by atoms with van der Waals surface area (Å²) in [5, 5.41) is 0. The lowest BCUT2D eigenvalue weighted by Crippen LogP contribution is -2.19. The van der Waals surface area contributed by atoms with Gasteiger partial charge in [-0.3, -0.25) is 4.72 Å². The van der Waals surface area contributed by atoms with Gasteiger partial charge in [0.1, 0.15) is 5.75 Å². The molecule has 2 rings (SSSR count). The average Bonchev–Trinajstić information content (AvgIpc) is 2.45. The van der Waals surface area contributed by atoms with Crippen LogP contribution in [-0.2, 0) is 16.4 Å². The Kier molecular flexibility index (Phi) is 5.08. The van der Waals surface area contributed by atoms with Crippen molar-refractivity contribution in [2.45, 2.75) is 20.3 Å². The maximum atomic E-state index is 12.3. The Morgan fingerprint density at radius 1 is 1.09 bits per heavy atom. The minimum atomic E-state index is -3.43. The third kappa shape index (κ3) is 4.24. The Bertz CT molecular complexity index is 740. The number of hydrogen-bond donors (Lipinski definition) is 1. The summed E-state index contributed by atoms with van der Waals surface area (Å²) in [4.78, 5) is 0. The van der Waals surface area contributed by atoms with Crippen LogP contribution in [-0.4, -0.2) is 21.3 Å².